The van der Waals surface area contributed by atoms with Crippen molar-refractivity contribution in [3.05, 3.63) is 34.4 Å². The van der Waals surface area contributed by atoms with Gasteiger partial charge in [-0.25, -0.2) is 0 Å². The van der Waals surface area contributed by atoms with Gasteiger partial charge in [-0.1, -0.05) is 0 Å². The normalized spacial score (nSPS) is 12.6. The second kappa shape index (κ2) is 4.79. The van der Waals surface area contributed by atoms with E-state index in [-0.39, 0.29) is 11.8 Å². The van der Waals surface area contributed by atoms with Gasteiger partial charge in [-0.05, 0) is 17.7 Å². The molecule has 0 fully saturated rings. The molecule has 0 unspecified atom stereocenters. The third-order valence-electron chi connectivity index (χ3n) is 2.10. The third kappa shape index (κ3) is 2.95. The van der Waals surface area contributed by atoms with E-state index in [1.54, 1.807) is 0 Å². The van der Waals surface area contributed by atoms with Crippen LogP contribution in [0, 0.1) is 0 Å². The van der Waals surface area contributed by atoms with Gasteiger partial charge >= 0.3 is 12.4 Å². The minimum Gasteiger partial charge on any atom is -0.298 e. The van der Waals surface area contributed by atoms with Crippen molar-refractivity contribution in [3.8, 4) is 0 Å². The van der Waals surface area contributed by atoms with Crippen LogP contribution in [0.3, 0.4) is 0 Å². The second-order valence-electron chi connectivity index (χ2n) is 3.35. The van der Waals surface area contributed by atoms with Crippen LogP contribution >= 0.6 is 11.6 Å². The highest BCUT2D eigenvalue weighted by atomic mass is 35.5. The van der Waals surface area contributed by atoms with Gasteiger partial charge in [0.15, 0.2) is 6.29 Å². The second-order valence-corrected chi connectivity index (χ2v) is 3.62. The van der Waals surface area contributed by atoms with Crippen molar-refractivity contribution in [2.75, 3.05) is 0 Å². The standard InChI is InChI=1S/C10H5ClF6O/c11-3-5-1-6(4-18)8(10(15,16)17)7(2-5)9(12,13)14/h1-2,4H,3H2. The highest BCUT2D eigenvalue weighted by Crippen LogP contribution is 2.42. The summed E-state index contributed by atoms with van der Waals surface area (Å²) >= 11 is 5.28. The largest absolute Gasteiger partial charge is 0.417 e. The number of rotatable bonds is 2. The monoisotopic (exact) mass is 290 g/mol. The summed E-state index contributed by atoms with van der Waals surface area (Å²) in [5.74, 6) is -0.429. The number of hydrogen-bond acceptors (Lipinski definition) is 1. The number of benzene rings is 1. The van der Waals surface area contributed by atoms with Crippen molar-refractivity contribution in [2.24, 2.45) is 0 Å². The van der Waals surface area contributed by atoms with Crippen LogP contribution in [0.4, 0.5) is 26.3 Å². The minimum absolute atomic E-state index is 0.209. The van der Waals surface area contributed by atoms with Crippen LogP contribution in [0.25, 0.3) is 0 Å². The van der Waals surface area contributed by atoms with Gasteiger partial charge < -0.3 is 0 Å². The average Bonchev–Trinajstić information content (AvgIpc) is 2.24. The first-order valence-corrected chi connectivity index (χ1v) is 4.97. The highest BCUT2D eigenvalue weighted by Gasteiger charge is 2.45. The maximum absolute atomic E-state index is 12.6. The molecular weight excluding hydrogens is 286 g/mol. The lowest BCUT2D eigenvalue weighted by Gasteiger charge is -2.18. The fraction of sp³-hybridized carbons (Fsp3) is 0.300. The summed E-state index contributed by atoms with van der Waals surface area (Å²) in [7, 11) is 0. The van der Waals surface area contributed by atoms with Gasteiger partial charge in [0.05, 0.1) is 11.1 Å². The van der Waals surface area contributed by atoms with E-state index in [1.807, 2.05) is 0 Å². The van der Waals surface area contributed by atoms with E-state index >= 15 is 0 Å². The number of carbonyl (C=O) groups excluding carboxylic acids is 1. The topological polar surface area (TPSA) is 17.1 Å². The van der Waals surface area contributed by atoms with Crippen LogP contribution in [0.2, 0.25) is 0 Å². The van der Waals surface area contributed by atoms with E-state index < -0.39 is 34.9 Å². The number of halogens is 7. The Morgan fingerprint density at radius 3 is 1.94 bits per heavy atom. The molecule has 1 rings (SSSR count). The fourth-order valence-corrected chi connectivity index (χ4v) is 1.59. The molecule has 0 atom stereocenters. The maximum atomic E-state index is 12.6. The summed E-state index contributed by atoms with van der Waals surface area (Å²) in [6, 6.07) is 0.987. The number of hydrogen-bond donors (Lipinski definition) is 0. The van der Waals surface area contributed by atoms with Crippen molar-refractivity contribution in [3.63, 3.8) is 0 Å². The Labute approximate surface area is 102 Å². The Balaban J connectivity index is 3.69. The SMILES string of the molecule is O=Cc1cc(CCl)cc(C(F)(F)F)c1C(F)(F)F. The quantitative estimate of drug-likeness (QED) is 0.451. The van der Waals surface area contributed by atoms with Gasteiger partial charge in [0.2, 0.25) is 0 Å². The Kier molecular flexibility index (Phi) is 3.95. The van der Waals surface area contributed by atoms with Crippen molar-refractivity contribution >= 4 is 17.9 Å². The molecule has 1 aromatic rings. The fourth-order valence-electron chi connectivity index (χ4n) is 1.44. The molecule has 0 saturated heterocycles. The molecule has 0 aliphatic heterocycles. The molecule has 0 N–H and O–H groups in total. The van der Waals surface area contributed by atoms with Gasteiger partial charge in [-0.15, -0.1) is 11.6 Å². The molecule has 1 nitrogen and oxygen atoms in total. The average molecular weight is 291 g/mol. The van der Waals surface area contributed by atoms with Crippen molar-refractivity contribution in [1.29, 1.82) is 0 Å². The van der Waals surface area contributed by atoms with E-state index in [1.165, 1.54) is 0 Å². The molecule has 0 aliphatic carbocycles. The molecule has 0 amide bonds. The molecule has 1 aromatic carbocycles. The number of carbonyl (C=O) groups is 1. The summed E-state index contributed by atoms with van der Waals surface area (Å²) in [5.41, 5.74) is -5.18. The maximum Gasteiger partial charge on any atom is 0.417 e. The smallest absolute Gasteiger partial charge is 0.298 e. The van der Waals surface area contributed by atoms with Gasteiger partial charge in [-0.2, -0.15) is 26.3 Å². The van der Waals surface area contributed by atoms with Crippen molar-refractivity contribution in [2.45, 2.75) is 18.2 Å². The molecule has 0 radical (unpaired) electrons. The summed E-state index contributed by atoms with van der Waals surface area (Å²) in [6.45, 7) is 0. The van der Waals surface area contributed by atoms with Gasteiger partial charge in [0.1, 0.15) is 0 Å². The van der Waals surface area contributed by atoms with Crippen LogP contribution in [0.1, 0.15) is 27.0 Å². The zero-order chi connectivity index (χ0) is 14.1. The third-order valence-corrected chi connectivity index (χ3v) is 2.41. The molecular formula is C10H5ClF6O. The lowest BCUT2D eigenvalue weighted by Crippen LogP contribution is -2.19. The van der Waals surface area contributed by atoms with Crippen LogP contribution in [0.15, 0.2) is 12.1 Å². The first-order valence-electron chi connectivity index (χ1n) is 4.43. The van der Waals surface area contributed by atoms with Gasteiger partial charge in [0.25, 0.3) is 0 Å². The first-order chi connectivity index (χ1) is 8.11. The van der Waals surface area contributed by atoms with Crippen LogP contribution in [-0.4, -0.2) is 6.29 Å². The predicted molar refractivity (Wildman–Crippen MR) is 51.4 cm³/mol. The molecule has 0 spiro atoms. The van der Waals surface area contributed by atoms with Crippen LogP contribution in [-0.2, 0) is 18.2 Å². The van der Waals surface area contributed by atoms with Gasteiger partial charge in [0, 0.05) is 11.4 Å². The number of alkyl halides is 7. The zero-order valence-electron chi connectivity index (χ0n) is 8.49. The predicted octanol–water partition coefficient (Wildman–Crippen LogP) is 4.28. The Hall–Kier alpha value is -1.24. The van der Waals surface area contributed by atoms with Crippen molar-refractivity contribution in [1.82, 2.24) is 0 Å². The lowest BCUT2D eigenvalue weighted by atomic mass is 9.97. The summed E-state index contributed by atoms with van der Waals surface area (Å²) in [5, 5.41) is 0. The van der Waals surface area contributed by atoms with Crippen molar-refractivity contribution < 1.29 is 31.1 Å². The Morgan fingerprint density at radius 2 is 1.61 bits per heavy atom. The number of aldehydes is 1. The molecule has 100 valence electrons. The van der Waals surface area contributed by atoms with Crippen LogP contribution < -0.4 is 0 Å². The van der Waals surface area contributed by atoms with E-state index in [0.29, 0.717) is 12.1 Å². The molecule has 0 saturated carbocycles. The lowest BCUT2D eigenvalue weighted by molar-refractivity contribution is -0.162. The zero-order valence-corrected chi connectivity index (χ0v) is 9.25. The minimum atomic E-state index is -5.27. The molecule has 0 aromatic heterocycles. The summed E-state index contributed by atoms with van der Waals surface area (Å²) < 4.78 is 75.4. The van der Waals surface area contributed by atoms with Crippen LogP contribution in [0.5, 0.6) is 0 Å². The molecule has 0 heterocycles. The molecule has 0 aliphatic rings. The molecule has 0 bridgehead atoms. The Bertz CT molecular complexity index is 463. The molecule has 8 heteroatoms. The summed E-state index contributed by atoms with van der Waals surface area (Å²) in [4.78, 5) is 10.5. The van der Waals surface area contributed by atoms with E-state index in [9.17, 15) is 31.1 Å². The highest BCUT2D eigenvalue weighted by molar-refractivity contribution is 6.17. The van der Waals surface area contributed by atoms with Gasteiger partial charge in [-0.3, -0.25) is 4.79 Å². The van der Waals surface area contributed by atoms with E-state index in [0.717, 1.165) is 0 Å². The summed E-state index contributed by atoms with van der Waals surface area (Å²) in [6.07, 6.45) is -10.8. The molecule has 18 heavy (non-hydrogen) atoms. The van der Waals surface area contributed by atoms with E-state index in [2.05, 4.69) is 0 Å². The Morgan fingerprint density at radius 1 is 1.06 bits per heavy atom. The first kappa shape index (κ1) is 14.8. The van der Waals surface area contributed by atoms with E-state index in [4.69, 9.17) is 11.6 Å².